The SMILES string of the molecule is CCCCCNC(=O)CC1SC(=NCC)N(CC)C1=O. The number of amides is 2. The molecule has 6 heteroatoms. The van der Waals surface area contributed by atoms with Gasteiger partial charge in [0.25, 0.3) is 0 Å². The summed E-state index contributed by atoms with van der Waals surface area (Å²) in [4.78, 5) is 30.0. The minimum atomic E-state index is -0.313. The van der Waals surface area contributed by atoms with Gasteiger partial charge in [-0.2, -0.15) is 0 Å². The molecule has 0 aliphatic carbocycles. The molecule has 1 unspecified atom stereocenters. The number of aliphatic imine (C=N–C) groups is 1. The number of carbonyl (C=O) groups is 2. The second-order valence-electron chi connectivity index (χ2n) is 4.71. The zero-order chi connectivity index (χ0) is 15.0. The van der Waals surface area contributed by atoms with E-state index in [1.807, 2.05) is 13.8 Å². The topological polar surface area (TPSA) is 61.8 Å². The number of nitrogens with one attached hydrogen (secondary N) is 1. The van der Waals surface area contributed by atoms with E-state index in [4.69, 9.17) is 0 Å². The summed E-state index contributed by atoms with van der Waals surface area (Å²) < 4.78 is 0. The van der Waals surface area contributed by atoms with Crippen LogP contribution in [0.4, 0.5) is 0 Å². The van der Waals surface area contributed by atoms with Crippen molar-refractivity contribution in [2.75, 3.05) is 19.6 Å². The molecule has 114 valence electrons. The second kappa shape index (κ2) is 9.00. The number of unbranched alkanes of at least 4 members (excludes halogenated alkanes) is 2. The summed E-state index contributed by atoms with van der Waals surface area (Å²) in [6.45, 7) is 7.97. The monoisotopic (exact) mass is 299 g/mol. The third-order valence-corrected chi connectivity index (χ3v) is 4.32. The van der Waals surface area contributed by atoms with Gasteiger partial charge in [-0.3, -0.25) is 19.5 Å². The van der Waals surface area contributed by atoms with Crippen LogP contribution in [0.2, 0.25) is 0 Å². The van der Waals surface area contributed by atoms with Gasteiger partial charge in [0, 0.05) is 26.1 Å². The highest BCUT2D eigenvalue weighted by atomic mass is 32.2. The highest BCUT2D eigenvalue weighted by molar-refractivity contribution is 8.15. The Kier molecular flexibility index (Phi) is 7.65. The fraction of sp³-hybridized carbons (Fsp3) is 0.786. The molecule has 0 spiro atoms. The Hall–Kier alpha value is -1.04. The molecule has 0 saturated carbocycles. The molecule has 1 aliphatic rings. The van der Waals surface area contributed by atoms with Crippen molar-refractivity contribution in [2.24, 2.45) is 4.99 Å². The van der Waals surface area contributed by atoms with Crippen LogP contribution < -0.4 is 5.32 Å². The van der Waals surface area contributed by atoms with Crippen LogP contribution in [0.15, 0.2) is 4.99 Å². The molecule has 1 heterocycles. The molecular weight excluding hydrogens is 274 g/mol. The quantitative estimate of drug-likeness (QED) is 0.698. The Morgan fingerprint density at radius 2 is 2.10 bits per heavy atom. The average Bonchev–Trinajstić information content (AvgIpc) is 2.71. The predicted molar refractivity (Wildman–Crippen MR) is 83.9 cm³/mol. The van der Waals surface area contributed by atoms with Gasteiger partial charge in [0.15, 0.2) is 5.17 Å². The van der Waals surface area contributed by atoms with Crippen molar-refractivity contribution in [1.29, 1.82) is 0 Å². The van der Waals surface area contributed by atoms with Crippen molar-refractivity contribution in [2.45, 2.75) is 51.7 Å². The smallest absolute Gasteiger partial charge is 0.242 e. The molecule has 0 radical (unpaired) electrons. The van der Waals surface area contributed by atoms with Gasteiger partial charge < -0.3 is 5.32 Å². The Balaban J connectivity index is 2.46. The largest absolute Gasteiger partial charge is 0.356 e. The third-order valence-electron chi connectivity index (χ3n) is 3.10. The first kappa shape index (κ1) is 17.0. The number of thioether (sulfide) groups is 1. The van der Waals surface area contributed by atoms with E-state index in [2.05, 4.69) is 17.2 Å². The van der Waals surface area contributed by atoms with Crippen LogP contribution in [0.3, 0.4) is 0 Å². The Morgan fingerprint density at radius 3 is 2.70 bits per heavy atom. The van der Waals surface area contributed by atoms with Gasteiger partial charge in [-0.1, -0.05) is 31.5 Å². The van der Waals surface area contributed by atoms with Crippen molar-refractivity contribution in [3.8, 4) is 0 Å². The van der Waals surface area contributed by atoms with Crippen molar-refractivity contribution < 1.29 is 9.59 Å². The zero-order valence-corrected chi connectivity index (χ0v) is 13.5. The molecule has 0 aromatic heterocycles. The summed E-state index contributed by atoms with van der Waals surface area (Å²) in [7, 11) is 0. The van der Waals surface area contributed by atoms with Gasteiger partial charge in [0.05, 0.1) is 0 Å². The average molecular weight is 299 g/mol. The van der Waals surface area contributed by atoms with Gasteiger partial charge in [0.2, 0.25) is 11.8 Å². The lowest BCUT2D eigenvalue weighted by Gasteiger charge is -2.13. The Bertz CT molecular complexity index is 371. The lowest BCUT2D eigenvalue weighted by atomic mass is 10.2. The second-order valence-corrected chi connectivity index (χ2v) is 5.88. The van der Waals surface area contributed by atoms with Crippen LogP contribution in [0.5, 0.6) is 0 Å². The number of amidine groups is 1. The summed E-state index contributed by atoms with van der Waals surface area (Å²) in [5, 5.41) is 3.32. The van der Waals surface area contributed by atoms with E-state index in [0.29, 0.717) is 19.6 Å². The predicted octanol–water partition coefficient (Wildman–Crippen LogP) is 2.02. The van der Waals surface area contributed by atoms with Crippen LogP contribution in [0.1, 0.15) is 46.5 Å². The highest BCUT2D eigenvalue weighted by Crippen LogP contribution is 2.29. The molecule has 1 rings (SSSR count). The molecule has 0 aromatic carbocycles. The van der Waals surface area contributed by atoms with Crippen LogP contribution in [0.25, 0.3) is 0 Å². The van der Waals surface area contributed by atoms with Gasteiger partial charge in [-0.15, -0.1) is 0 Å². The minimum absolute atomic E-state index is 0.00779. The fourth-order valence-corrected chi connectivity index (χ4v) is 3.30. The first-order valence-corrected chi connectivity index (χ1v) is 8.31. The van der Waals surface area contributed by atoms with Crippen LogP contribution in [0, 0.1) is 0 Å². The fourth-order valence-electron chi connectivity index (χ4n) is 2.03. The molecule has 0 aromatic rings. The first-order valence-electron chi connectivity index (χ1n) is 7.43. The molecule has 2 amide bonds. The van der Waals surface area contributed by atoms with Gasteiger partial charge >= 0.3 is 0 Å². The number of hydrogen-bond donors (Lipinski definition) is 1. The van der Waals surface area contributed by atoms with Crippen LogP contribution >= 0.6 is 11.8 Å². The first-order chi connectivity index (χ1) is 9.63. The van der Waals surface area contributed by atoms with E-state index in [0.717, 1.165) is 24.4 Å². The lowest BCUT2D eigenvalue weighted by Crippen LogP contribution is -2.34. The molecule has 1 saturated heterocycles. The van der Waals surface area contributed by atoms with E-state index in [1.54, 1.807) is 4.90 Å². The molecule has 1 fully saturated rings. The number of carbonyl (C=O) groups excluding carboxylic acids is 2. The number of nitrogens with zero attached hydrogens (tertiary/aromatic N) is 2. The summed E-state index contributed by atoms with van der Waals surface area (Å²) in [5.74, 6) is -0.0332. The number of hydrogen-bond acceptors (Lipinski definition) is 4. The summed E-state index contributed by atoms with van der Waals surface area (Å²) in [5.41, 5.74) is 0. The summed E-state index contributed by atoms with van der Waals surface area (Å²) >= 11 is 1.41. The maximum absolute atomic E-state index is 12.2. The number of rotatable bonds is 8. The van der Waals surface area contributed by atoms with E-state index < -0.39 is 0 Å². The molecule has 1 N–H and O–H groups in total. The third kappa shape index (κ3) is 4.81. The minimum Gasteiger partial charge on any atom is -0.356 e. The van der Waals surface area contributed by atoms with E-state index in [-0.39, 0.29) is 23.5 Å². The molecule has 5 nitrogen and oxygen atoms in total. The lowest BCUT2D eigenvalue weighted by molar-refractivity contribution is -0.129. The van der Waals surface area contributed by atoms with Crippen molar-refractivity contribution in [3.63, 3.8) is 0 Å². The maximum atomic E-state index is 12.2. The maximum Gasteiger partial charge on any atom is 0.242 e. The van der Waals surface area contributed by atoms with Crippen molar-refractivity contribution in [1.82, 2.24) is 10.2 Å². The highest BCUT2D eigenvalue weighted by Gasteiger charge is 2.37. The van der Waals surface area contributed by atoms with E-state index in [1.165, 1.54) is 11.8 Å². The molecule has 20 heavy (non-hydrogen) atoms. The summed E-state index contributed by atoms with van der Waals surface area (Å²) in [6, 6.07) is 0. The zero-order valence-electron chi connectivity index (χ0n) is 12.6. The Labute approximate surface area is 125 Å². The molecule has 1 atom stereocenters. The van der Waals surface area contributed by atoms with Gasteiger partial charge in [0.1, 0.15) is 5.25 Å². The standard InChI is InChI=1S/C14H25N3O2S/c1-4-7-8-9-16-12(18)10-11-13(19)17(6-3)14(20-11)15-5-2/h11H,4-10H2,1-3H3,(H,16,18). The van der Waals surface area contributed by atoms with Crippen LogP contribution in [-0.4, -0.2) is 46.8 Å². The van der Waals surface area contributed by atoms with Crippen molar-refractivity contribution >= 4 is 28.7 Å². The summed E-state index contributed by atoms with van der Waals surface area (Å²) in [6.07, 6.45) is 3.50. The molecule has 0 bridgehead atoms. The van der Waals surface area contributed by atoms with E-state index >= 15 is 0 Å². The molecular formula is C14H25N3O2S. The van der Waals surface area contributed by atoms with Crippen LogP contribution in [-0.2, 0) is 9.59 Å². The van der Waals surface area contributed by atoms with E-state index in [9.17, 15) is 9.59 Å². The molecule has 1 aliphatic heterocycles. The van der Waals surface area contributed by atoms with Gasteiger partial charge in [-0.25, -0.2) is 0 Å². The van der Waals surface area contributed by atoms with Gasteiger partial charge in [-0.05, 0) is 20.3 Å². The van der Waals surface area contributed by atoms with Crippen molar-refractivity contribution in [3.05, 3.63) is 0 Å². The Morgan fingerprint density at radius 1 is 1.35 bits per heavy atom. The normalized spacial score (nSPS) is 20.8.